The van der Waals surface area contributed by atoms with Gasteiger partial charge in [-0.15, -0.1) is 9.05 Å². The maximum Gasteiger partial charge on any atom is 1.00 e. The Balaban J connectivity index is -0.0000000960. The molecule has 0 saturated carbocycles. The SMILES string of the molecule is C=Cc1ccccc1.O=S(=O)(O)O.O=S([O-])([O-])=S.[K+].[K+]. The van der Waals surface area contributed by atoms with E-state index in [2.05, 4.69) is 17.8 Å². The van der Waals surface area contributed by atoms with Crippen molar-refractivity contribution in [3.8, 4) is 0 Å². The van der Waals surface area contributed by atoms with E-state index in [-0.39, 0.29) is 103 Å². The van der Waals surface area contributed by atoms with Gasteiger partial charge in [-0.3, -0.25) is 13.3 Å². The summed E-state index contributed by atoms with van der Waals surface area (Å²) in [5.41, 5.74) is 1.17. The van der Waals surface area contributed by atoms with Crippen molar-refractivity contribution < 1.29 is 134 Å². The molecular weight excluding hydrogens is 382 g/mol. The minimum absolute atomic E-state index is 0. The second-order valence-electron chi connectivity index (χ2n) is 2.47. The fourth-order valence-corrected chi connectivity index (χ4v) is 0.589. The molecule has 0 atom stereocenters. The zero-order valence-corrected chi connectivity index (χ0v) is 19.5. The van der Waals surface area contributed by atoms with Gasteiger partial charge in [-0.1, -0.05) is 43.0 Å². The maximum atomic E-state index is 8.89. The molecule has 0 amide bonds. The molecule has 1 aromatic carbocycles. The first-order chi connectivity index (χ1) is 7.93. The van der Waals surface area contributed by atoms with Gasteiger partial charge in [-0.25, -0.2) is 0 Å². The molecule has 0 saturated heterocycles. The second-order valence-corrected chi connectivity index (χ2v) is 5.41. The Labute approximate surface area is 208 Å². The summed E-state index contributed by atoms with van der Waals surface area (Å²) in [6.07, 6.45) is 1.83. The van der Waals surface area contributed by atoms with Gasteiger partial charge < -0.3 is 9.11 Å². The molecule has 0 aliphatic heterocycles. The van der Waals surface area contributed by atoms with Crippen molar-refractivity contribution in [3.63, 3.8) is 0 Å². The summed E-state index contributed by atoms with van der Waals surface area (Å²) in [5.74, 6) is 0. The molecule has 12 heteroatoms. The Morgan fingerprint density at radius 2 is 1.30 bits per heavy atom. The molecule has 0 bridgehead atoms. The topological polar surface area (TPSA) is 138 Å². The molecule has 0 radical (unpaired) electrons. The second kappa shape index (κ2) is 16.3. The molecule has 0 spiro atoms. The van der Waals surface area contributed by atoms with E-state index in [4.69, 9.17) is 30.8 Å². The number of benzene rings is 1. The van der Waals surface area contributed by atoms with E-state index in [1.807, 2.05) is 36.4 Å². The zero-order valence-electron chi connectivity index (χ0n) is 10.8. The normalized spacial score (nSPS) is 9.20. The van der Waals surface area contributed by atoms with Crippen molar-refractivity contribution in [1.29, 1.82) is 0 Å². The van der Waals surface area contributed by atoms with Crippen molar-refractivity contribution in [2.75, 3.05) is 0 Å². The summed E-state index contributed by atoms with van der Waals surface area (Å²) in [7, 11) is -9.00. The molecule has 0 aromatic heterocycles. The van der Waals surface area contributed by atoms with Crippen molar-refractivity contribution >= 4 is 36.7 Å². The molecule has 1 aromatic rings. The van der Waals surface area contributed by atoms with E-state index < -0.39 is 19.5 Å². The largest absolute Gasteiger partial charge is 1.00 e. The molecule has 0 fully saturated rings. The maximum absolute atomic E-state index is 8.89. The number of hydrogen-bond acceptors (Lipinski definition) is 6. The summed E-state index contributed by atoms with van der Waals surface area (Å²) >= 11 is 3.24. The predicted octanol–water partition coefficient (Wildman–Crippen LogP) is -5.32. The van der Waals surface area contributed by atoms with Gasteiger partial charge in [0.25, 0.3) is 0 Å². The number of hydrogen-bond donors (Lipinski definition) is 2. The van der Waals surface area contributed by atoms with Crippen molar-refractivity contribution in [1.82, 2.24) is 0 Å². The Kier molecular flexibility index (Phi) is 24.6. The Morgan fingerprint density at radius 3 is 1.45 bits per heavy atom. The smallest absolute Gasteiger partial charge is 0.780 e. The average Bonchev–Trinajstić information content (AvgIpc) is 2.14. The van der Waals surface area contributed by atoms with Crippen molar-refractivity contribution in [3.05, 3.63) is 42.5 Å². The standard InChI is InChI=1S/C8H8.2K.H2O4S.H2O3S2/c1-2-8-6-4-3-5-7-8;;;2*1-5(2,3)4/h2-7H,1H2;;;2*(H2,1,2,3,4)/q;2*+1;;/p-2. The molecule has 0 heterocycles. The van der Waals surface area contributed by atoms with Crippen LogP contribution in [0.5, 0.6) is 0 Å². The molecule has 104 valence electrons. The molecule has 2 N–H and O–H groups in total. The third-order valence-electron chi connectivity index (χ3n) is 1.04. The van der Waals surface area contributed by atoms with E-state index in [1.54, 1.807) is 0 Å². The van der Waals surface area contributed by atoms with Gasteiger partial charge in [-0.05, 0) is 16.8 Å². The third kappa shape index (κ3) is 49.9. The van der Waals surface area contributed by atoms with Crippen LogP contribution in [-0.2, 0) is 30.6 Å². The monoisotopic (exact) mass is 392 g/mol. The van der Waals surface area contributed by atoms with Gasteiger partial charge in [0, 0.05) is 0 Å². The molecule has 0 unspecified atom stereocenters. The van der Waals surface area contributed by atoms with Crippen LogP contribution < -0.4 is 103 Å². The minimum atomic E-state index is -4.67. The van der Waals surface area contributed by atoms with Gasteiger partial charge in [0.05, 0.1) is 0 Å². The molecule has 0 aliphatic carbocycles. The van der Waals surface area contributed by atoms with E-state index in [9.17, 15) is 0 Å². The molecule has 0 aliphatic rings. The van der Waals surface area contributed by atoms with E-state index in [1.165, 1.54) is 5.56 Å². The van der Waals surface area contributed by atoms with E-state index in [0.29, 0.717) is 0 Å². The van der Waals surface area contributed by atoms with Crippen LogP contribution in [0, 0.1) is 0 Å². The summed E-state index contributed by atoms with van der Waals surface area (Å²) in [6.45, 7) is 3.63. The fourth-order valence-electron chi connectivity index (χ4n) is 0.589. The first kappa shape index (κ1) is 30.3. The van der Waals surface area contributed by atoms with Crippen LogP contribution in [0.4, 0.5) is 0 Å². The van der Waals surface area contributed by atoms with Crippen LogP contribution in [-0.4, -0.2) is 30.8 Å². The van der Waals surface area contributed by atoms with Gasteiger partial charge in [0.1, 0.15) is 0 Å². The summed E-state index contributed by atoms with van der Waals surface area (Å²) < 4.78 is 58.3. The van der Waals surface area contributed by atoms with E-state index >= 15 is 0 Å². The van der Waals surface area contributed by atoms with Crippen LogP contribution >= 0.6 is 0 Å². The van der Waals surface area contributed by atoms with Crippen molar-refractivity contribution in [2.24, 2.45) is 0 Å². The molecular formula is C8H10K2O7S3. The van der Waals surface area contributed by atoms with Crippen molar-refractivity contribution in [2.45, 2.75) is 0 Å². The van der Waals surface area contributed by atoms with Crippen LogP contribution in [0.15, 0.2) is 36.9 Å². The zero-order chi connectivity index (χ0) is 14.8. The Hall–Kier alpha value is 2.39. The van der Waals surface area contributed by atoms with Gasteiger partial charge in [0.15, 0.2) is 0 Å². The molecule has 20 heavy (non-hydrogen) atoms. The summed E-state index contributed by atoms with van der Waals surface area (Å²) in [5, 5.41) is 0. The summed E-state index contributed by atoms with van der Waals surface area (Å²) in [4.78, 5) is 0. The number of rotatable bonds is 1. The van der Waals surface area contributed by atoms with Crippen LogP contribution in [0.1, 0.15) is 5.56 Å². The molecule has 7 nitrogen and oxygen atoms in total. The Morgan fingerprint density at radius 1 is 1.05 bits per heavy atom. The van der Waals surface area contributed by atoms with Gasteiger partial charge in [0.2, 0.25) is 0 Å². The quantitative estimate of drug-likeness (QED) is 0.357. The van der Waals surface area contributed by atoms with Crippen LogP contribution in [0.3, 0.4) is 0 Å². The van der Waals surface area contributed by atoms with Crippen LogP contribution in [0.2, 0.25) is 0 Å². The molecule has 1 rings (SSSR count). The van der Waals surface area contributed by atoms with Crippen LogP contribution in [0.25, 0.3) is 6.08 Å². The third-order valence-corrected chi connectivity index (χ3v) is 1.04. The van der Waals surface area contributed by atoms with Gasteiger partial charge >= 0.3 is 113 Å². The fraction of sp³-hybridized carbons (Fsp3) is 0. The average molecular weight is 393 g/mol. The van der Waals surface area contributed by atoms with E-state index in [0.717, 1.165) is 0 Å². The minimum Gasteiger partial charge on any atom is -0.780 e. The first-order valence-corrected chi connectivity index (χ1v) is 7.70. The summed E-state index contributed by atoms with van der Waals surface area (Å²) in [6, 6.07) is 10.0. The van der Waals surface area contributed by atoms with Gasteiger partial charge in [-0.2, -0.15) is 8.42 Å². The first-order valence-electron chi connectivity index (χ1n) is 3.97. The Bertz CT molecular complexity index is 497. The predicted molar refractivity (Wildman–Crippen MR) is 67.8 cm³/mol.